The standard InChI is InChI=1S/C24H25FN2O3/c1-3-26-24(29)17(2)27(15-18-11-13-20(25)14-12-18)23(28)16-30-22-10-6-8-19-7-4-5-9-21(19)22/h4-14,17H,3,15-16H2,1-2H3,(H,26,29)/t17-/m1/s1. The fourth-order valence-electron chi connectivity index (χ4n) is 3.24. The van der Waals surface area contributed by atoms with Gasteiger partial charge in [-0.15, -0.1) is 0 Å². The van der Waals surface area contributed by atoms with Crippen LogP contribution in [0.3, 0.4) is 0 Å². The number of fused-ring (bicyclic) bond motifs is 1. The lowest BCUT2D eigenvalue weighted by molar-refractivity contribution is -0.142. The lowest BCUT2D eigenvalue weighted by Crippen LogP contribution is -2.49. The SMILES string of the molecule is CCNC(=O)[C@@H](C)N(Cc1ccc(F)cc1)C(=O)COc1cccc2ccccc12. The molecule has 3 aromatic rings. The van der Waals surface area contributed by atoms with Crippen LogP contribution < -0.4 is 10.1 Å². The first-order valence-corrected chi connectivity index (χ1v) is 9.91. The van der Waals surface area contributed by atoms with Crippen molar-refractivity contribution < 1.29 is 18.7 Å². The Morgan fingerprint density at radius 2 is 1.73 bits per heavy atom. The van der Waals surface area contributed by atoms with E-state index in [2.05, 4.69) is 5.32 Å². The maximum absolute atomic E-state index is 13.2. The normalized spacial score (nSPS) is 11.7. The fraction of sp³-hybridized carbons (Fsp3) is 0.250. The number of carbonyl (C=O) groups is 2. The average Bonchev–Trinajstić information content (AvgIpc) is 2.76. The number of hydrogen-bond donors (Lipinski definition) is 1. The fourth-order valence-corrected chi connectivity index (χ4v) is 3.24. The van der Waals surface area contributed by atoms with E-state index >= 15 is 0 Å². The van der Waals surface area contributed by atoms with E-state index in [0.29, 0.717) is 12.3 Å². The van der Waals surface area contributed by atoms with E-state index in [4.69, 9.17) is 4.74 Å². The van der Waals surface area contributed by atoms with E-state index in [9.17, 15) is 14.0 Å². The van der Waals surface area contributed by atoms with Crippen LogP contribution in [0.4, 0.5) is 4.39 Å². The first-order chi connectivity index (χ1) is 14.5. The van der Waals surface area contributed by atoms with Gasteiger partial charge in [-0.3, -0.25) is 9.59 Å². The number of halogens is 1. The number of nitrogens with zero attached hydrogens (tertiary/aromatic N) is 1. The number of nitrogens with one attached hydrogen (secondary N) is 1. The van der Waals surface area contributed by atoms with Crippen LogP contribution in [-0.2, 0) is 16.1 Å². The zero-order valence-electron chi connectivity index (χ0n) is 17.1. The third-order valence-electron chi connectivity index (χ3n) is 4.89. The second-order valence-electron chi connectivity index (χ2n) is 6.98. The van der Waals surface area contributed by atoms with Crippen molar-refractivity contribution in [3.8, 4) is 5.75 Å². The molecule has 0 bridgehead atoms. The molecule has 156 valence electrons. The van der Waals surface area contributed by atoms with Gasteiger partial charge in [0, 0.05) is 18.5 Å². The van der Waals surface area contributed by atoms with Crippen molar-refractivity contribution in [3.63, 3.8) is 0 Å². The highest BCUT2D eigenvalue weighted by atomic mass is 19.1. The second kappa shape index (κ2) is 9.87. The number of likely N-dealkylation sites (N-methyl/N-ethyl adjacent to an activating group) is 1. The Hall–Kier alpha value is -3.41. The van der Waals surface area contributed by atoms with E-state index < -0.39 is 6.04 Å². The number of amides is 2. The molecule has 2 amide bonds. The topological polar surface area (TPSA) is 58.6 Å². The van der Waals surface area contributed by atoms with Crippen LogP contribution in [0.25, 0.3) is 10.8 Å². The Morgan fingerprint density at radius 1 is 1.03 bits per heavy atom. The Morgan fingerprint density at radius 3 is 2.47 bits per heavy atom. The highest BCUT2D eigenvalue weighted by molar-refractivity contribution is 5.90. The molecule has 0 aliphatic carbocycles. The van der Waals surface area contributed by atoms with Crippen LogP contribution in [0.2, 0.25) is 0 Å². The van der Waals surface area contributed by atoms with Crippen LogP contribution in [0, 0.1) is 5.82 Å². The lowest BCUT2D eigenvalue weighted by atomic mass is 10.1. The van der Waals surface area contributed by atoms with E-state index in [1.807, 2.05) is 49.4 Å². The van der Waals surface area contributed by atoms with E-state index in [0.717, 1.165) is 16.3 Å². The van der Waals surface area contributed by atoms with Crippen molar-refractivity contribution in [1.29, 1.82) is 0 Å². The smallest absolute Gasteiger partial charge is 0.261 e. The molecule has 0 radical (unpaired) electrons. The minimum absolute atomic E-state index is 0.177. The molecule has 0 heterocycles. The van der Waals surface area contributed by atoms with Gasteiger partial charge in [-0.05, 0) is 43.0 Å². The Bertz CT molecular complexity index is 1020. The van der Waals surface area contributed by atoms with Gasteiger partial charge in [-0.1, -0.05) is 48.5 Å². The molecule has 30 heavy (non-hydrogen) atoms. The molecule has 3 rings (SSSR count). The summed E-state index contributed by atoms with van der Waals surface area (Å²) < 4.78 is 19.1. The van der Waals surface area contributed by atoms with Gasteiger partial charge in [0.1, 0.15) is 17.6 Å². The van der Waals surface area contributed by atoms with E-state index in [1.54, 1.807) is 19.1 Å². The average molecular weight is 408 g/mol. The summed E-state index contributed by atoms with van der Waals surface area (Å²) in [6, 6.07) is 18.6. The second-order valence-corrected chi connectivity index (χ2v) is 6.98. The number of benzene rings is 3. The summed E-state index contributed by atoms with van der Waals surface area (Å²) in [7, 11) is 0. The van der Waals surface area contributed by atoms with Gasteiger partial charge in [-0.2, -0.15) is 0 Å². The summed E-state index contributed by atoms with van der Waals surface area (Å²) >= 11 is 0. The van der Waals surface area contributed by atoms with E-state index in [1.165, 1.54) is 17.0 Å². The zero-order chi connectivity index (χ0) is 21.5. The highest BCUT2D eigenvalue weighted by Gasteiger charge is 2.26. The molecule has 0 aliphatic heterocycles. The van der Waals surface area contributed by atoms with Crippen LogP contribution in [0.5, 0.6) is 5.75 Å². The number of carbonyl (C=O) groups excluding carboxylic acids is 2. The van der Waals surface area contributed by atoms with Gasteiger partial charge in [0.15, 0.2) is 6.61 Å². The lowest BCUT2D eigenvalue weighted by Gasteiger charge is -2.28. The minimum atomic E-state index is -0.696. The summed E-state index contributed by atoms with van der Waals surface area (Å²) in [4.78, 5) is 26.8. The molecule has 1 N–H and O–H groups in total. The molecule has 6 heteroatoms. The molecule has 0 aromatic heterocycles. The molecule has 0 saturated carbocycles. The van der Waals surface area contributed by atoms with Gasteiger partial charge in [0.2, 0.25) is 5.91 Å². The van der Waals surface area contributed by atoms with E-state index in [-0.39, 0.29) is 30.8 Å². The number of hydrogen-bond acceptors (Lipinski definition) is 3. The summed E-state index contributed by atoms with van der Waals surface area (Å²) in [5.41, 5.74) is 0.728. The van der Waals surface area contributed by atoms with Gasteiger partial charge >= 0.3 is 0 Å². The number of rotatable bonds is 8. The van der Waals surface area contributed by atoms with Gasteiger partial charge in [0.25, 0.3) is 5.91 Å². The molecule has 5 nitrogen and oxygen atoms in total. The van der Waals surface area contributed by atoms with Crippen molar-refractivity contribution in [2.45, 2.75) is 26.4 Å². The molecule has 0 aliphatic rings. The molecular weight excluding hydrogens is 383 g/mol. The minimum Gasteiger partial charge on any atom is -0.483 e. The third-order valence-corrected chi connectivity index (χ3v) is 4.89. The van der Waals surface area contributed by atoms with Crippen molar-refractivity contribution in [1.82, 2.24) is 10.2 Å². The Kier molecular flexibility index (Phi) is 7.01. The molecule has 1 atom stereocenters. The van der Waals surface area contributed by atoms with Crippen LogP contribution in [0.1, 0.15) is 19.4 Å². The summed E-state index contributed by atoms with van der Waals surface area (Å²) in [6.07, 6.45) is 0. The predicted molar refractivity (Wildman–Crippen MR) is 115 cm³/mol. The maximum atomic E-state index is 13.2. The summed E-state index contributed by atoms with van der Waals surface area (Å²) in [5, 5.41) is 4.67. The van der Waals surface area contributed by atoms with Gasteiger partial charge in [0.05, 0.1) is 0 Å². The van der Waals surface area contributed by atoms with Gasteiger partial charge < -0.3 is 15.0 Å². The third kappa shape index (κ3) is 5.14. The van der Waals surface area contributed by atoms with Crippen molar-refractivity contribution >= 4 is 22.6 Å². The first-order valence-electron chi connectivity index (χ1n) is 9.91. The van der Waals surface area contributed by atoms with Crippen LogP contribution in [0.15, 0.2) is 66.7 Å². The highest BCUT2D eigenvalue weighted by Crippen LogP contribution is 2.25. The molecule has 0 spiro atoms. The van der Waals surface area contributed by atoms with Crippen molar-refractivity contribution in [2.24, 2.45) is 0 Å². The Balaban J connectivity index is 1.78. The van der Waals surface area contributed by atoms with Crippen LogP contribution >= 0.6 is 0 Å². The molecular formula is C24H25FN2O3. The van der Waals surface area contributed by atoms with Crippen molar-refractivity contribution in [3.05, 3.63) is 78.1 Å². The summed E-state index contributed by atoms with van der Waals surface area (Å²) in [6.45, 7) is 3.92. The molecule has 0 fully saturated rings. The zero-order valence-corrected chi connectivity index (χ0v) is 17.1. The van der Waals surface area contributed by atoms with Crippen molar-refractivity contribution in [2.75, 3.05) is 13.2 Å². The van der Waals surface area contributed by atoms with Gasteiger partial charge in [-0.25, -0.2) is 4.39 Å². The largest absolute Gasteiger partial charge is 0.483 e. The van der Waals surface area contributed by atoms with Crippen LogP contribution in [-0.4, -0.2) is 35.9 Å². The maximum Gasteiger partial charge on any atom is 0.261 e. The molecule has 0 saturated heterocycles. The predicted octanol–water partition coefficient (Wildman–Crippen LogP) is 3.91. The Labute approximate surface area is 175 Å². The quantitative estimate of drug-likeness (QED) is 0.615. The summed E-state index contributed by atoms with van der Waals surface area (Å²) in [5.74, 6) is -0.328. The molecule has 0 unspecified atom stereocenters. The first kappa shape index (κ1) is 21.3. The molecule has 3 aromatic carbocycles. The monoisotopic (exact) mass is 408 g/mol. The number of ether oxygens (including phenoxy) is 1.